The zero-order chi connectivity index (χ0) is 11.5. The fourth-order valence-electron chi connectivity index (χ4n) is 1.88. The third-order valence-electron chi connectivity index (χ3n) is 2.81. The van der Waals surface area contributed by atoms with Gasteiger partial charge in [0.2, 0.25) is 0 Å². The minimum absolute atomic E-state index is 0.269. The molecule has 2 rings (SSSR count). The Labute approximate surface area is 95.9 Å². The van der Waals surface area contributed by atoms with Gasteiger partial charge in [0.25, 0.3) is 0 Å². The summed E-state index contributed by atoms with van der Waals surface area (Å²) in [6, 6.07) is 3.88. The Balaban J connectivity index is 2.09. The van der Waals surface area contributed by atoms with E-state index in [0.717, 1.165) is 25.4 Å². The SMILES string of the molecule is CC1CN(c2ccc(C(C)O)nc2)CCO1. The van der Waals surface area contributed by atoms with Crippen molar-refractivity contribution in [1.82, 2.24) is 4.98 Å². The van der Waals surface area contributed by atoms with E-state index in [4.69, 9.17) is 4.74 Å². The molecule has 1 aromatic rings. The lowest BCUT2D eigenvalue weighted by atomic mass is 10.2. The Hall–Kier alpha value is -1.13. The number of aliphatic hydroxyl groups excluding tert-OH is 1. The zero-order valence-corrected chi connectivity index (χ0v) is 9.76. The predicted molar refractivity (Wildman–Crippen MR) is 62.5 cm³/mol. The number of hydrogen-bond acceptors (Lipinski definition) is 4. The second kappa shape index (κ2) is 4.80. The lowest BCUT2D eigenvalue weighted by molar-refractivity contribution is 0.0532. The second-order valence-corrected chi connectivity index (χ2v) is 4.24. The molecule has 0 amide bonds. The molecule has 0 spiro atoms. The van der Waals surface area contributed by atoms with E-state index in [9.17, 15) is 5.11 Å². The van der Waals surface area contributed by atoms with Crippen molar-refractivity contribution in [2.75, 3.05) is 24.6 Å². The van der Waals surface area contributed by atoms with Gasteiger partial charge in [-0.3, -0.25) is 4.98 Å². The summed E-state index contributed by atoms with van der Waals surface area (Å²) in [7, 11) is 0. The van der Waals surface area contributed by atoms with Crippen molar-refractivity contribution in [2.24, 2.45) is 0 Å². The van der Waals surface area contributed by atoms with Gasteiger partial charge in [-0.15, -0.1) is 0 Å². The quantitative estimate of drug-likeness (QED) is 0.820. The lowest BCUT2D eigenvalue weighted by Gasteiger charge is -2.32. The van der Waals surface area contributed by atoms with E-state index in [1.165, 1.54) is 0 Å². The maximum Gasteiger partial charge on any atom is 0.0931 e. The van der Waals surface area contributed by atoms with E-state index in [1.54, 1.807) is 6.92 Å². The maximum absolute atomic E-state index is 9.37. The molecule has 2 atom stereocenters. The normalized spacial score (nSPS) is 23.2. The molecule has 4 heteroatoms. The van der Waals surface area contributed by atoms with Crippen LogP contribution in [0, 0.1) is 0 Å². The van der Waals surface area contributed by atoms with Crippen LogP contribution >= 0.6 is 0 Å². The Kier molecular flexibility index (Phi) is 3.41. The Morgan fingerprint density at radius 2 is 2.38 bits per heavy atom. The predicted octanol–water partition coefficient (Wildman–Crippen LogP) is 1.36. The highest BCUT2D eigenvalue weighted by molar-refractivity contribution is 5.45. The van der Waals surface area contributed by atoms with Crippen molar-refractivity contribution in [1.29, 1.82) is 0 Å². The molecule has 0 bridgehead atoms. The number of morpholine rings is 1. The number of rotatable bonds is 2. The van der Waals surface area contributed by atoms with Gasteiger partial charge < -0.3 is 14.7 Å². The molecule has 0 aliphatic carbocycles. The highest BCUT2D eigenvalue weighted by atomic mass is 16.5. The van der Waals surface area contributed by atoms with Gasteiger partial charge in [-0.2, -0.15) is 0 Å². The number of hydrogen-bond donors (Lipinski definition) is 1. The highest BCUT2D eigenvalue weighted by Crippen LogP contribution is 2.18. The van der Waals surface area contributed by atoms with Gasteiger partial charge in [0, 0.05) is 13.1 Å². The minimum atomic E-state index is -0.502. The summed E-state index contributed by atoms with van der Waals surface area (Å²) in [6.07, 6.45) is 1.59. The van der Waals surface area contributed by atoms with Gasteiger partial charge in [0.15, 0.2) is 0 Å². The molecule has 0 aromatic carbocycles. The number of anilines is 1. The van der Waals surface area contributed by atoms with Crippen molar-refractivity contribution >= 4 is 5.69 Å². The summed E-state index contributed by atoms with van der Waals surface area (Å²) < 4.78 is 5.49. The van der Waals surface area contributed by atoms with Crippen LogP contribution in [0.1, 0.15) is 25.6 Å². The number of aliphatic hydroxyl groups is 1. The van der Waals surface area contributed by atoms with Crippen LogP contribution in [0.25, 0.3) is 0 Å². The Bertz CT molecular complexity index is 337. The summed E-state index contributed by atoms with van der Waals surface area (Å²) in [6.45, 7) is 6.36. The van der Waals surface area contributed by atoms with Crippen LogP contribution in [0.15, 0.2) is 18.3 Å². The molecular formula is C12H18N2O2. The van der Waals surface area contributed by atoms with Crippen molar-refractivity contribution in [3.8, 4) is 0 Å². The number of ether oxygens (including phenoxy) is 1. The van der Waals surface area contributed by atoms with Gasteiger partial charge in [0.1, 0.15) is 0 Å². The van der Waals surface area contributed by atoms with Gasteiger partial charge in [-0.25, -0.2) is 0 Å². The van der Waals surface area contributed by atoms with Crippen molar-refractivity contribution in [3.05, 3.63) is 24.0 Å². The standard InChI is InChI=1S/C12H18N2O2/c1-9-8-14(5-6-16-9)11-3-4-12(10(2)15)13-7-11/h3-4,7,9-10,15H,5-6,8H2,1-2H3. The second-order valence-electron chi connectivity index (χ2n) is 4.24. The van der Waals surface area contributed by atoms with E-state index in [1.807, 2.05) is 18.3 Å². The van der Waals surface area contributed by atoms with Crippen molar-refractivity contribution in [3.63, 3.8) is 0 Å². The summed E-state index contributed by atoms with van der Waals surface area (Å²) in [4.78, 5) is 6.50. The molecule has 1 fully saturated rings. The Morgan fingerprint density at radius 3 is 2.94 bits per heavy atom. The summed E-state index contributed by atoms with van der Waals surface area (Å²) in [5.74, 6) is 0. The first-order valence-corrected chi connectivity index (χ1v) is 5.67. The first-order valence-electron chi connectivity index (χ1n) is 5.67. The topological polar surface area (TPSA) is 45.6 Å². The van der Waals surface area contributed by atoms with Gasteiger partial charge in [0.05, 0.1) is 36.4 Å². The third kappa shape index (κ3) is 2.51. The molecular weight excluding hydrogens is 204 g/mol. The fraction of sp³-hybridized carbons (Fsp3) is 0.583. The zero-order valence-electron chi connectivity index (χ0n) is 9.76. The first-order chi connectivity index (χ1) is 7.66. The molecule has 1 aliphatic rings. The minimum Gasteiger partial charge on any atom is -0.387 e. The lowest BCUT2D eigenvalue weighted by Crippen LogP contribution is -2.41. The van der Waals surface area contributed by atoms with Gasteiger partial charge in [-0.1, -0.05) is 0 Å². The number of aromatic nitrogens is 1. The molecule has 2 unspecified atom stereocenters. The Morgan fingerprint density at radius 1 is 1.56 bits per heavy atom. The van der Waals surface area contributed by atoms with Crippen LogP contribution < -0.4 is 4.90 Å². The van der Waals surface area contributed by atoms with E-state index in [-0.39, 0.29) is 6.10 Å². The molecule has 1 N–H and O–H groups in total. The van der Waals surface area contributed by atoms with Gasteiger partial charge >= 0.3 is 0 Å². The largest absolute Gasteiger partial charge is 0.387 e. The molecule has 0 saturated carbocycles. The van der Waals surface area contributed by atoms with Crippen LogP contribution in [0.3, 0.4) is 0 Å². The van der Waals surface area contributed by atoms with Crippen LogP contribution in [-0.4, -0.2) is 35.9 Å². The molecule has 1 saturated heterocycles. The smallest absolute Gasteiger partial charge is 0.0931 e. The van der Waals surface area contributed by atoms with Crippen molar-refractivity contribution in [2.45, 2.75) is 26.1 Å². The molecule has 1 aliphatic heterocycles. The van der Waals surface area contributed by atoms with Crippen LogP contribution in [0.4, 0.5) is 5.69 Å². The van der Waals surface area contributed by atoms with Gasteiger partial charge in [-0.05, 0) is 26.0 Å². The number of nitrogens with zero attached hydrogens (tertiary/aromatic N) is 2. The van der Waals surface area contributed by atoms with E-state index in [2.05, 4.69) is 16.8 Å². The van der Waals surface area contributed by atoms with Crippen LogP contribution in [0.2, 0.25) is 0 Å². The third-order valence-corrected chi connectivity index (χ3v) is 2.81. The first kappa shape index (κ1) is 11.4. The van der Waals surface area contributed by atoms with E-state index >= 15 is 0 Å². The molecule has 2 heterocycles. The average Bonchev–Trinajstić information content (AvgIpc) is 2.29. The molecule has 1 aromatic heterocycles. The van der Waals surface area contributed by atoms with Crippen molar-refractivity contribution < 1.29 is 9.84 Å². The molecule has 16 heavy (non-hydrogen) atoms. The van der Waals surface area contributed by atoms with Crippen LogP contribution in [-0.2, 0) is 4.74 Å². The summed E-state index contributed by atoms with van der Waals surface area (Å²) in [5.41, 5.74) is 1.81. The summed E-state index contributed by atoms with van der Waals surface area (Å²) >= 11 is 0. The van der Waals surface area contributed by atoms with Crippen LogP contribution in [0.5, 0.6) is 0 Å². The monoisotopic (exact) mass is 222 g/mol. The van der Waals surface area contributed by atoms with E-state index in [0.29, 0.717) is 5.69 Å². The number of pyridine rings is 1. The van der Waals surface area contributed by atoms with E-state index < -0.39 is 6.10 Å². The maximum atomic E-state index is 9.37. The fourth-order valence-corrected chi connectivity index (χ4v) is 1.88. The highest BCUT2D eigenvalue weighted by Gasteiger charge is 2.17. The molecule has 4 nitrogen and oxygen atoms in total. The molecule has 88 valence electrons. The molecule has 0 radical (unpaired) electrons. The average molecular weight is 222 g/mol. The summed E-state index contributed by atoms with van der Waals surface area (Å²) in [5, 5.41) is 9.37.